The van der Waals surface area contributed by atoms with E-state index in [4.69, 9.17) is 11.6 Å². The van der Waals surface area contributed by atoms with E-state index in [1.165, 1.54) is 34.9 Å². The molecule has 0 atom stereocenters. The second kappa shape index (κ2) is 7.76. The average Bonchev–Trinajstić information content (AvgIpc) is 3.12. The Bertz CT molecular complexity index is 1130. The van der Waals surface area contributed by atoms with E-state index in [0.717, 1.165) is 0 Å². The molecule has 0 aliphatic heterocycles. The van der Waals surface area contributed by atoms with Gasteiger partial charge < -0.3 is 4.57 Å². The van der Waals surface area contributed by atoms with Crippen molar-refractivity contribution in [1.29, 1.82) is 0 Å². The van der Waals surface area contributed by atoms with E-state index in [0.29, 0.717) is 6.54 Å². The van der Waals surface area contributed by atoms with Crippen LogP contribution in [0.3, 0.4) is 0 Å². The fourth-order valence-corrected chi connectivity index (χ4v) is 5.15. The number of anilines is 1. The molecule has 0 spiro atoms. The van der Waals surface area contributed by atoms with Gasteiger partial charge in [0.05, 0.1) is 21.2 Å². The van der Waals surface area contributed by atoms with Crippen LogP contribution in [0.25, 0.3) is 11.4 Å². The minimum atomic E-state index is -4.01. The summed E-state index contributed by atoms with van der Waals surface area (Å²) in [4.78, 5) is 0.105. The van der Waals surface area contributed by atoms with Gasteiger partial charge in [0.2, 0.25) is 0 Å². The maximum atomic E-state index is 15.2. The predicted octanol–water partition coefficient (Wildman–Crippen LogP) is 4.75. The summed E-state index contributed by atoms with van der Waals surface area (Å²) in [5.41, 5.74) is -0.766. The van der Waals surface area contributed by atoms with E-state index < -0.39 is 21.4 Å². The first-order valence-corrected chi connectivity index (χ1v) is 10.9. The molecule has 1 heterocycles. The lowest BCUT2D eigenvalue weighted by Gasteiger charge is -2.37. The summed E-state index contributed by atoms with van der Waals surface area (Å²) in [6.45, 7) is 7.57. The molecule has 0 saturated carbocycles. The van der Waals surface area contributed by atoms with Gasteiger partial charge in [-0.25, -0.2) is 12.8 Å². The van der Waals surface area contributed by atoms with Gasteiger partial charge in [-0.1, -0.05) is 29.8 Å². The highest BCUT2D eigenvalue weighted by molar-refractivity contribution is 7.93. The molecule has 0 radical (unpaired) electrons. The molecule has 3 rings (SSSR count). The normalized spacial score (nSPS) is 12.2. The van der Waals surface area contributed by atoms with Crippen molar-refractivity contribution in [2.45, 2.75) is 44.7 Å². The molecule has 0 unspecified atom stereocenters. The van der Waals surface area contributed by atoms with Crippen LogP contribution in [0, 0.1) is 5.82 Å². The van der Waals surface area contributed by atoms with E-state index in [1.807, 2.05) is 6.92 Å². The zero-order valence-electron chi connectivity index (χ0n) is 16.6. The first-order chi connectivity index (χ1) is 13.6. The van der Waals surface area contributed by atoms with Crippen molar-refractivity contribution in [3.63, 3.8) is 0 Å². The summed E-state index contributed by atoms with van der Waals surface area (Å²) in [6, 6.07) is 10.9. The molecule has 0 aliphatic carbocycles. The SMILES string of the molecule is CCn1cnnc1-c1c(N(C(C)(C)C)S(=O)(=O)c2ccccc2)ccc(Cl)c1F. The van der Waals surface area contributed by atoms with Crippen LogP contribution in [0.1, 0.15) is 27.7 Å². The number of aromatic nitrogens is 3. The minimum Gasteiger partial charge on any atom is -0.314 e. The lowest BCUT2D eigenvalue weighted by atomic mass is 10.1. The van der Waals surface area contributed by atoms with Crippen molar-refractivity contribution in [2.75, 3.05) is 4.31 Å². The molecule has 0 saturated heterocycles. The molecule has 0 aliphatic rings. The Morgan fingerprint density at radius 2 is 1.79 bits per heavy atom. The van der Waals surface area contributed by atoms with Gasteiger partial charge in [-0.15, -0.1) is 10.2 Å². The highest BCUT2D eigenvalue weighted by Crippen LogP contribution is 2.41. The first kappa shape index (κ1) is 21.3. The fourth-order valence-electron chi connectivity index (χ4n) is 3.15. The van der Waals surface area contributed by atoms with Crippen LogP contribution in [-0.4, -0.2) is 28.7 Å². The molecular formula is C20H22ClFN4O2S. The molecular weight excluding hydrogens is 415 g/mol. The average molecular weight is 437 g/mol. The van der Waals surface area contributed by atoms with E-state index in [9.17, 15) is 8.42 Å². The highest BCUT2D eigenvalue weighted by Gasteiger charge is 2.37. The van der Waals surface area contributed by atoms with Crippen LogP contribution in [0.15, 0.2) is 53.7 Å². The van der Waals surface area contributed by atoms with Gasteiger partial charge in [-0.3, -0.25) is 4.31 Å². The maximum absolute atomic E-state index is 15.2. The minimum absolute atomic E-state index is 0.00807. The van der Waals surface area contributed by atoms with Crippen LogP contribution in [0.5, 0.6) is 0 Å². The Kier molecular flexibility index (Phi) is 5.69. The van der Waals surface area contributed by atoms with Crippen molar-refractivity contribution in [2.24, 2.45) is 0 Å². The van der Waals surface area contributed by atoms with Gasteiger partial charge in [0, 0.05) is 12.1 Å². The summed E-state index contributed by atoms with van der Waals surface area (Å²) in [7, 11) is -4.01. The number of rotatable bonds is 5. The molecule has 0 bridgehead atoms. The molecule has 2 aromatic carbocycles. The topological polar surface area (TPSA) is 68.1 Å². The van der Waals surface area contributed by atoms with Gasteiger partial charge in [0.15, 0.2) is 11.6 Å². The maximum Gasteiger partial charge on any atom is 0.264 e. The van der Waals surface area contributed by atoms with Crippen molar-refractivity contribution in [1.82, 2.24) is 14.8 Å². The summed E-state index contributed by atoms with van der Waals surface area (Å²) in [5.74, 6) is -0.538. The highest BCUT2D eigenvalue weighted by atomic mass is 35.5. The number of nitrogens with zero attached hydrogens (tertiary/aromatic N) is 4. The van der Waals surface area contributed by atoms with E-state index in [-0.39, 0.29) is 27.0 Å². The van der Waals surface area contributed by atoms with Gasteiger partial charge in [0.25, 0.3) is 10.0 Å². The number of aryl methyl sites for hydroxylation is 1. The Hall–Kier alpha value is -2.45. The molecule has 0 fully saturated rings. The lowest BCUT2D eigenvalue weighted by Crippen LogP contribution is -2.46. The zero-order valence-corrected chi connectivity index (χ0v) is 18.2. The Morgan fingerprint density at radius 3 is 2.38 bits per heavy atom. The molecule has 0 N–H and O–H groups in total. The second-order valence-corrected chi connectivity index (χ2v) is 9.64. The number of sulfonamides is 1. The summed E-state index contributed by atoms with van der Waals surface area (Å²) in [6.07, 6.45) is 1.46. The Morgan fingerprint density at radius 1 is 1.14 bits per heavy atom. The van der Waals surface area contributed by atoms with Crippen molar-refractivity contribution in [3.8, 4) is 11.4 Å². The molecule has 154 valence electrons. The van der Waals surface area contributed by atoms with E-state index in [1.54, 1.807) is 43.5 Å². The van der Waals surface area contributed by atoms with Crippen LogP contribution < -0.4 is 4.31 Å². The van der Waals surface area contributed by atoms with Gasteiger partial charge in [-0.2, -0.15) is 0 Å². The van der Waals surface area contributed by atoms with Gasteiger partial charge in [0.1, 0.15) is 6.33 Å². The quantitative estimate of drug-likeness (QED) is 0.578. The van der Waals surface area contributed by atoms with Gasteiger partial charge >= 0.3 is 0 Å². The van der Waals surface area contributed by atoms with E-state index in [2.05, 4.69) is 10.2 Å². The summed E-state index contributed by atoms with van der Waals surface area (Å²) >= 11 is 6.05. The van der Waals surface area contributed by atoms with Crippen LogP contribution in [-0.2, 0) is 16.6 Å². The number of hydrogen-bond donors (Lipinski definition) is 0. The van der Waals surface area contributed by atoms with Crippen molar-refractivity contribution in [3.05, 3.63) is 59.6 Å². The van der Waals surface area contributed by atoms with Crippen LogP contribution >= 0.6 is 11.6 Å². The molecule has 6 nitrogen and oxygen atoms in total. The Labute approximate surface area is 175 Å². The summed E-state index contributed by atoms with van der Waals surface area (Å²) in [5, 5.41) is 7.77. The fraction of sp³-hybridized carbons (Fsp3) is 0.300. The monoisotopic (exact) mass is 436 g/mol. The molecule has 3 aromatic rings. The standard InChI is InChI=1S/C20H22ClFN4O2S/c1-5-25-13-23-24-19(25)17-16(12-11-15(21)18(17)22)26(20(2,3)4)29(27,28)14-9-7-6-8-10-14/h6-13H,5H2,1-4H3. The molecule has 1 aromatic heterocycles. The lowest BCUT2D eigenvalue weighted by molar-refractivity contribution is 0.534. The first-order valence-electron chi connectivity index (χ1n) is 9.05. The third-order valence-electron chi connectivity index (χ3n) is 4.36. The summed E-state index contributed by atoms with van der Waals surface area (Å²) < 4.78 is 45.2. The van der Waals surface area contributed by atoms with Crippen LogP contribution in [0.4, 0.5) is 10.1 Å². The van der Waals surface area contributed by atoms with E-state index >= 15 is 4.39 Å². The number of benzene rings is 2. The van der Waals surface area contributed by atoms with Crippen LogP contribution in [0.2, 0.25) is 5.02 Å². The molecule has 29 heavy (non-hydrogen) atoms. The Balaban J connectivity index is 2.36. The molecule has 0 amide bonds. The third kappa shape index (κ3) is 3.86. The largest absolute Gasteiger partial charge is 0.314 e. The molecule has 9 heteroatoms. The van der Waals surface area contributed by atoms with Crippen molar-refractivity contribution < 1.29 is 12.8 Å². The zero-order chi connectivity index (χ0) is 21.4. The number of halogens is 2. The number of hydrogen-bond acceptors (Lipinski definition) is 4. The smallest absolute Gasteiger partial charge is 0.264 e. The second-order valence-electron chi connectivity index (χ2n) is 7.45. The van der Waals surface area contributed by atoms with Gasteiger partial charge in [-0.05, 0) is 52.0 Å². The van der Waals surface area contributed by atoms with Crippen molar-refractivity contribution >= 4 is 27.3 Å². The third-order valence-corrected chi connectivity index (χ3v) is 6.75. The predicted molar refractivity (Wildman–Crippen MR) is 112 cm³/mol.